The van der Waals surface area contributed by atoms with Crippen molar-refractivity contribution in [3.05, 3.63) is 93.9 Å². The number of hydrogen-bond donors (Lipinski definition) is 1. The van der Waals surface area contributed by atoms with Crippen molar-refractivity contribution >= 4 is 40.1 Å². The van der Waals surface area contributed by atoms with Crippen molar-refractivity contribution in [2.75, 3.05) is 45.3 Å². The number of fused-ring (bicyclic) bond motifs is 2. The molecule has 1 atom stereocenters. The lowest BCUT2D eigenvalue weighted by atomic mass is 9.98. The maximum Gasteiger partial charge on any atom is 0.262 e. The van der Waals surface area contributed by atoms with Crippen molar-refractivity contribution < 1.29 is 33.4 Å². The molecule has 4 aliphatic rings. The smallest absolute Gasteiger partial charge is 0.262 e. The zero-order valence-corrected chi connectivity index (χ0v) is 31.5. The van der Waals surface area contributed by atoms with Crippen LogP contribution in [0.15, 0.2) is 66.0 Å². The minimum Gasteiger partial charge on any atom is -0.496 e. The molecule has 0 saturated carbocycles. The van der Waals surface area contributed by atoms with E-state index in [1.165, 1.54) is 0 Å². The van der Waals surface area contributed by atoms with E-state index in [2.05, 4.69) is 30.4 Å². The van der Waals surface area contributed by atoms with Crippen molar-refractivity contribution in [3.8, 4) is 22.6 Å². The van der Waals surface area contributed by atoms with Crippen LogP contribution >= 0.6 is 0 Å². The molecule has 17 nitrogen and oxygen atoms in total. The van der Waals surface area contributed by atoms with Gasteiger partial charge in [0.05, 0.1) is 61.2 Å². The first-order valence-electron chi connectivity index (χ1n) is 18.6. The van der Waals surface area contributed by atoms with E-state index in [-0.39, 0.29) is 41.7 Å². The number of methoxy groups -OCH3 is 2. The van der Waals surface area contributed by atoms with Gasteiger partial charge in [0.25, 0.3) is 17.4 Å². The van der Waals surface area contributed by atoms with Crippen LogP contribution in [0.2, 0.25) is 0 Å². The monoisotopic (exact) mass is 773 g/mol. The van der Waals surface area contributed by atoms with Crippen molar-refractivity contribution in [3.63, 3.8) is 0 Å². The number of pyridine rings is 2. The standard InChI is InChI=1S/C40H39N9O8/c1-45-19-31(27-8-9-41-13-30(27)38(45)52)22-10-34(55-2)32(35(11-22)56-3)20-46-15-25(16-46)48-14-23(43-44-48)21-57-26-17-47(18-26)24-4-5-28-29(12-24)40(54)49(39(28)53)33-6-7-36(50)42-37(33)51/h4-5,8-14,19,25-26,33H,6-7,15-18,20-21H2,1-3H3,(H,42,50,51). The SMILES string of the molecule is COc1cc(-c2cn(C)c(=O)c3cnccc23)cc(OC)c1CN1CC(n2cc(COC3CN(c4ccc5c(c4)C(=O)N(C4CCC(=O)NC4=O)C5=O)C3)nn2)C1. The number of likely N-dealkylation sites (tertiary alicyclic amines) is 1. The molecule has 0 aliphatic carbocycles. The second-order valence-corrected chi connectivity index (χ2v) is 14.8. The highest BCUT2D eigenvalue weighted by atomic mass is 16.5. The topological polar surface area (TPSA) is 183 Å². The van der Waals surface area contributed by atoms with E-state index in [4.69, 9.17) is 14.2 Å². The first-order valence-corrected chi connectivity index (χ1v) is 18.6. The van der Waals surface area contributed by atoms with Gasteiger partial charge in [-0.05, 0) is 53.8 Å². The number of nitrogens with zero attached hydrogens (tertiary/aromatic N) is 8. The van der Waals surface area contributed by atoms with Gasteiger partial charge >= 0.3 is 0 Å². The van der Waals surface area contributed by atoms with Crippen LogP contribution in [-0.2, 0) is 34.5 Å². The first-order chi connectivity index (χ1) is 27.6. The molecule has 4 aliphatic heterocycles. The number of amides is 4. The predicted octanol–water partition coefficient (Wildman–Crippen LogP) is 2.07. The molecule has 2 aromatic carbocycles. The second-order valence-electron chi connectivity index (χ2n) is 14.8. The molecule has 1 N–H and O–H groups in total. The Balaban J connectivity index is 0.783. The quantitative estimate of drug-likeness (QED) is 0.193. The predicted molar refractivity (Wildman–Crippen MR) is 204 cm³/mol. The van der Waals surface area contributed by atoms with Gasteiger partial charge in [-0.3, -0.25) is 44.1 Å². The highest BCUT2D eigenvalue weighted by Gasteiger charge is 2.45. The summed E-state index contributed by atoms with van der Waals surface area (Å²) in [5.41, 5.74) is 4.56. The molecule has 17 heteroatoms. The van der Waals surface area contributed by atoms with Gasteiger partial charge in [-0.1, -0.05) is 5.21 Å². The minimum absolute atomic E-state index is 0.0548. The van der Waals surface area contributed by atoms with Crippen molar-refractivity contribution in [1.82, 2.24) is 39.7 Å². The number of anilines is 1. The van der Waals surface area contributed by atoms with Gasteiger partial charge in [-0.2, -0.15) is 0 Å². The summed E-state index contributed by atoms with van der Waals surface area (Å²) < 4.78 is 21.3. The van der Waals surface area contributed by atoms with E-state index in [1.54, 1.807) is 56.4 Å². The molecule has 3 aromatic heterocycles. The van der Waals surface area contributed by atoms with Crippen LogP contribution in [0.3, 0.4) is 0 Å². The Bertz CT molecular complexity index is 2510. The number of hydrogen-bond acceptors (Lipinski definition) is 13. The van der Waals surface area contributed by atoms with Crippen molar-refractivity contribution in [2.45, 2.75) is 44.2 Å². The molecule has 3 fully saturated rings. The van der Waals surface area contributed by atoms with E-state index in [1.807, 2.05) is 35.3 Å². The highest BCUT2D eigenvalue weighted by molar-refractivity contribution is 6.23. The van der Waals surface area contributed by atoms with E-state index in [9.17, 15) is 24.0 Å². The van der Waals surface area contributed by atoms with Gasteiger partial charge in [0.1, 0.15) is 23.2 Å². The normalized spacial score (nSPS) is 18.8. The van der Waals surface area contributed by atoms with Crippen LogP contribution in [0, 0.1) is 0 Å². The Morgan fingerprint density at radius 2 is 1.61 bits per heavy atom. The molecule has 57 heavy (non-hydrogen) atoms. The van der Waals surface area contributed by atoms with Gasteiger partial charge in [0.2, 0.25) is 11.8 Å². The van der Waals surface area contributed by atoms with Gasteiger partial charge in [0.15, 0.2) is 0 Å². The number of carbonyl (C=O) groups is 4. The molecule has 292 valence electrons. The lowest BCUT2D eigenvalue weighted by Gasteiger charge is -2.40. The van der Waals surface area contributed by atoms with Gasteiger partial charge in [-0.25, -0.2) is 4.68 Å². The van der Waals surface area contributed by atoms with Crippen LogP contribution < -0.4 is 25.2 Å². The van der Waals surface area contributed by atoms with Crippen LogP contribution in [0.25, 0.3) is 21.9 Å². The number of nitrogens with one attached hydrogen (secondary N) is 1. The maximum atomic E-state index is 13.2. The minimum atomic E-state index is -1.00. The Morgan fingerprint density at radius 1 is 0.860 bits per heavy atom. The Kier molecular flexibility index (Phi) is 9.04. The second kappa shape index (κ2) is 14.2. The first kappa shape index (κ1) is 36.2. The van der Waals surface area contributed by atoms with Gasteiger partial charge < -0.3 is 23.7 Å². The molecule has 7 heterocycles. The Labute approximate surface area is 325 Å². The third kappa shape index (κ3) is 6.37. The van der Waals surface area contributed by atoms with Crippen LogP contribution in [0.4, 0.5) is 5.69 Å². The van der Waals surface area contributed by atoms with Crippen molar-refractivity contribution in [2.24, 2.45) is 7.05 Å². The van der Waals surface area contributed by atoms with Crippen LogP contribution in [-0.4, -0.2) is 111 Å². The van der Waals surface area contributed by atoms with Gasteiger partial charge in [-0.15, -0.1) is 5.10 Å². The average Bonchev–Trinajstić information content (AvgIpc) is 3.74. The van der Waals surface area contributed by atoms with E-state index >= 15 is 0 Å². The molecule has 3 saturated heterocycles. The fourth-order valence-electron chi connectivity index (χ4n) is 8.07. The fourth-order valence-corrected chi connectivity index (χ4v) is 8.07. The fraction of sp³-hybridized carbons (Fsp3) is 0.350. The summed E-state index contributed by atoms with van der Waals surface area (Å²) in [6.45, 7) is 3.61. The zero-order valence-electron chi connectivity index (χ0n) is 31.5. The average molecular weight is 774 g/mol. The number of ether oxygens (including phenoxy) is 3. The molecule has 0 radical (unpaired) electrons. The molecule has 5 aromatic rings. The van der Waals surface area contributed by atoms with Crippen LogP contribution in [0.5, 0.6) is 11.5 Å². The molecular weight excluding hydrogens is 734 g/mol. The molecule has 9 rings (SSSR count). The number of rotatable bonds is 11. The summed E-state index contributed by atoms with van der Waals surface area (Å²) in [4.78, 5) is 72.5. The number of aromatic nitrogens is 5. The summed E-state index contributed by atoms with van der Waals surface area (Å²) >= 11 is 0. The number of benzene rings is 2. The van der Waals surface area contributed by atoms with E-state index < -0.39 is 29.7 Å². The molecule has 0 bridgehead atoms. The zero-order chi connectivity index (χ0) is 39.5. The maximum absolute atomic E-state index is 13.2. The molecule has 0 spiro atoms. The van der Waals surface area contributed by atoms with Crippen molar-refractivity contribution in [1.29, 1.82) is 0 Å². The van der Waals surface area contributed by atoms with Gasteiger partial charge in [0, 0.05) is 76.0 Å². The Morgan fingerprint density at radius 3 is 2.35 bits per heavy atom. The molecule has 1 unspecified atom stereocenters. The summed E-state index contributed by atoms with van der Waals surface area (Å²) in [5, 5.41) is 12.3. The largest absolute Gasteiger partial charge is 0.496 e. The third-order valence-electron chi connectivity index (χ3n) is 11.3. The number of imide groups is 2. The highest BCUT2D eigenvalue weighted by Crippen LogP contribution is 2.39. The lowest BCUT2D eigenvalue weighted by molar-refractivity contribution is -0.136. The summed E-state index contributed by atoms with van der Waals surface area (Å²) in [5.74, 6) is -0.720. The molecule has 4 amide bonds. The third-order valence-corrected chi connectivity index (χ3v) is 11.3. The van der Waals surface area contributed by atoms with E-state index in [0.29, 0.717) is 43.1 Å². The lowest BCUT2D eigenvalue weighted by Crippen LogP contribution is -2.54. The summed E-state index contributed by atoms with van der Waals surface area (Å²) in [6.07, 6.45) is 7.14. The van der Waals surface area contributed by atoms with E-state index in [0.717, 1.165) is 51.4 Å². The summed E-state index contributed by atoms with van der Waals surface area (Å²) in [7, 11) is 5.01. The number of piperidine rings is 1. The Hall–Kier alpha value is -6.46. The number of aryl methyl sites for hydroxylation is 1. The number of carbonyl (C=O) groups excluding carboxylic acids is 4. The summed E-state index contributed by atoms with van der Waals surface area (Å²) in [6, 6.07) is 10.0. The van der Waals surface area contributed by atoms with Crippen LogP contribution in [0.1, 0.15) is 50.9 Å². The molecular formula is C40H39N9O8.